The molecule has 8 nitrogen and oxygen atoms in total. The van der Waals surface area contributed by atoms with Gasteiger partial charge in [0, 0.05) is 11.4 Å². The molecule has 5 rings (SSSR count). The van der Waals surface area contributed by atoms with E-state index in [0.29, 0.717) is 39.8 Å². The van der Waals surface area contributed by atoms with Crippen LogP contribution in [0.3, 0.4) is 0 Å². The summed E-state index contributed by atoms with van der Waals surface area (Å²) < 4.78 is 14.2. The molecule has 2 heterocycles. The number of fused-ring (bicyclic) bond motifs is 1. The maximum absolute atomic E-state index is 13.6. The van der Waals surface area contributed by atoms with Gasteiger partial charge in [-0.1, -0.05) is 42.5 Å². The molecule has 0 radical (unpaired) electrons. The van der Waals surface area contributed by atoms with Crippen LogP contribution in [0.5, 0.6) is 11.5 Å². The minimum atomic E-state index is -0.545. The van der Waals surface area contributed by atoms with Gasteiger partial charge in [-0.05, 0) is 70.7 Å². The number of carbonyl (C=O) groups is 1. The highest BCUT2D eigenvalue weighted by Gasteiger charge is 2.34. The van der Waals surface area contributed by atoms with E-state index in [1.807, 2.05) is 80.6 Å². The van der Waals surface area contributed by atoms with Crippen LogP contribution in [0.2, 0.25) is 0 Å². The number of aryl methyl sites for hydroxylation is 1. The van der Waals surface area contributed by atoms with Crippen molar-refractivity contribution < 1.29 is 14.3 Å². The van der Waals surface area contributed by atoms with Gasteiger partial charge < -0.3 is 20.1 Å². The van der Waals surface area contributed by atoms with Gasteiger partial charge in [0.2, 0.25) is 5.95 Å². The van der Waals surface area contributed by atoms with Crippen molar-refractivity contribution >= 4 is 33.5 Å². The Morgan fingerprint density at radius 1 is 1.11 bits per heavy atom. The summed E-state index contributed by atoms with van der Waals surface area (Å²) in [5.41, 5.74) is 4.82. The molecule has 2 N–H and O–H groups in total. The summed E-state index contributed by atoms with van der Waals surface area (Å²) >= 11 is 3.66. The summed E-state index contributed by atoms with van der Waals surface area (Å²) in [6.45, 7) is 4.23. The molecule has 1 aliphatic heterocycles. The van der Waals surface area contributed by atoms with Crippen molar-refractivity contribution in [1.82, 2.24) is 14.8 Å². The first-order chi connectivity index (χ1) is 17.9. The summed E-state index contributed by atoms with van der Waals surface area (Å²) in [4.78, 5) is 18.0. The Morgan fingerprint density at radius 2 is 1.92 bits per heavy atom. The molecule has 4 aromatic rings. The summed E-state index contributed by atoms with van der Waals surface area (Å²) in [5, 5.41) is 10.7. The Labute approximate surface area is 223 Å². The van der Waals surface area contributed by atoms with Crippen LogP contribution in [0, 0.1) is 6.92 Å². The lowest BCUT2D eigenvalue weighted by atomic mass is 9.94. The highest BCUT2D eigenvalue weighted by molar-refractivity contribution is 9.10. The van der Waals surface area contributed by atoms with Crippen LogP contribution in [0.25, 0.3) is 0 Å². The summed E-state index contributed by atoms with van der Waals surface area (Å²) in [6.07, 6.45) is 1.47. The largest absolute Gasteiger partial charge is 0.493 e. The molecular formula is C28H26BrN5O3. The number of benzene rings is 3. The average Bonchev–Trinajstić information content (AvgIpc) is 3.35. The molecule has 1 aromatic heterocycles. The molecule has 0 bridgehead atoms. The fraction of sp³-hybridized carbons (Fsp3) is 0.179. The molecule has 1 atom stereocenters. The Morgan fingerprint density at radius 3 is 2.68 bits per heavy atom. The number of allylic oxidation sites excluding steroid dienone is 1. The van der Waals surface area contributed by atoms with E-state index in [2.05, 4.69) is 36.6 Å². The van der Waals surface area contributed by atoms with Crippen molar-refractivity contribution in [2.45, 2.75) is 26.5 Å². The molecule has 1 aliphatic rings. The van der Waals surface area contributed by atoms with Crippen LogP contribution in [0.4, 0.5) is 11.6 Å². The van der Waals surface area contributed by atoms with Crippen molar-refractivity contribution in [3.05, 3.63) is 105 Å². The number of hydrogen-bond acceptors (Lipinski definition) is 6. The van der Waals surface area contributed by atoms with Crippen molar-refractivity contribution in [3.8, 4) is 11.5 Å². The second-order valence-electron chi connectivity index (χ2n) is 8.73. The van der Waals surface area contributed by atoms with Crippen molar-refractivity contribution in [1.29, 1.82) is 0 Å². The first-order valence-corrected chi connectivity index (χ1v) is 12.5. The molecule has 0 aliphatic carbocycles. The van der Waals surface area contributed by atoms with Crippen LogP contribution in [0.15, 0.2) is 88.8 Å². The smallest absolute Gasteiger partial charge is 0.255 e. The van der Waals surface area contributed by atoms with Gasteiger partial charge >= 0.3 is 0 Å². The molecule has 1 amide bonds. The summed E-state index contributed by atoms with van der Waals surface area (Å²) in [7, 11) is 1.59. The van der Waals surface area contributed by atoms with Crippen molar-refractivity contribution in [2.75, 3.05) is 17.7 Å². The number of methoxy groups -OCH3 is 1. The standard InChI is InChI=1S/C28H26BrN5O3/c1-17-8-7-11-21(12-17)33-27(35)24-18(2)32-28-30-16-31-34(28)25(24)20-13-22(29)26(23(14-20)36-3)37-15-19-9-5-4-6-10-19/h4-14,16,25H,15H2,1-3H3,(H,33,35)(H,30,31,32). The molecule has 188 valence electrons. The SMILES string of the molecule is COc1cc(C2C(C(=O)Nc3cccc(C)c3)=C(C)Nc3ncnn32)cc(Br)c1OCc1ccccc1. The molecule has 0 fully saturated rings. The van der Waals surface area contributed by atoms with Crippen LogP contribution in [-0.4, -0.2) is 27.8 Å². The molecular weight excluding hydrogens is 534 g/mol. The zero-order valence-electron chi connectivity index (χ0n) is 20.7. The number of hydrogen-bond donors (Lipinski definition) is 2. The first kappa shape index (κ1) is 24.6. The van der Waals surface area contributed by atoms with E-state index in [1.165, 1.54) is 6.33 Å². The van der Waals surface area contributed by atoms with Crippen LogP contribution < -0.4 is 20.1 Å². The maximum Gasteiger partial charge on any atom is 0.255 e. The highest BCUT2D eigenvalue weighted by atomic mass is 79.9. The third-order valence-corrected chi connectivity index (χ3v) is 6.70. The fourth-order valence-corrected chi connectivity index (χ4v) is 4.96. The van der Waals surface area contributed by atoms with E-state index in [-0.39, 0.29) is 5.91 Å². The second kappa shape index (κ2) is 10.5. The van der Waals surface area contributed by atoms with E-state index in [4.69, 9.17) is 9.47 Å². The third-order valence-electron chi connectivity index (χ3n) is 6.11. The topological polar surface area (TPSA) is 90.3 Å². The van der Waals surface area contributed by atoms with Crippen molar-refractivity contribution in [3.63, 3.8) is 0 Å². The minimum Gasteiger partial charge on any atom is -0.493 e. The Hall–Kier alpha value is -4.11. The number of amides is 1. The van der Waals surface area contributed by atoms with E-state index in [9.17, 15) is 4.79 Å². The molecule has 0 saturated carbocycles. The maximum atomic E-state index is 13.6. The number of carbonyl (C=O) groups excluding carboxylic acids is 1. The van der Waals surface area contributed by atoms with Gasteiger partial charge in [0.15, 0.2) is 11.5 Å². The summed E-state index contributed by atoms with van der Waals surface area (Å²) in [6, 6.07) is 20.9. The first-order valence-electron chi connectivity index (χ1n) is 11.7. The van der Waals surface area contributed by atoms with Gasteiger partial charge in [-0.3, -0.25) is 4.79 Å². The van der Waals surface area contributed by atoms with Gasteiger partial charge in [0.05, 0.1) is 17.2 Å². The van der Waals surface area contributed by atoms with Crippen molar-refractivity contribution in [2.24, 2.45) is 0 Å². The number of ether oxygens (including phenoxy) is 2. The van der Waals surface area contributed by atoms with Gasteiger partial charge in [0.25, 0.3) is 5.91 Å². The van der Waals surface area contributed by atoms with Crippen LogP contribution >= 0.6 is 15.9 Å². The van der Waals surface area contributed by atoms with Gasteiger partial charge in [-0.15, -0.1) is 0 Å². The zero-order valence-corrected chi connectivity index (χ0v) is 22.2. The normalized spacial score (nSPS) is 14.5. The number of rotatable bonds is 7. The van der Waals surface area contributed by atoms with E-state index >= 15 is 0 Å². The number of aromatic nitrogens is 3. The molecule has 9 heteroatoms. The molecule has 0 spiro atoms. The van der Waals surface area contributed by atoms with E-state index in [0.717, 1.165) is 22.4 Å². The zero-order chi connectivity index (χ0) is 25.9. The molecule has 0 saturated heterocycles. The summed E-state index contributed by atoms with van der Waals surface area (Å²) in [5.74, 6) is 1.43. The third kappa shape index (κ3) is 5.08. The lowest BCUT2D eigenvalue weighted by Gasteiger charge is -2.29. The Balaban J connectivity index is 1.52. The lowest BCUT2D eigenvalue weighted by Crippen LogP contribution is -2.31. The monoisotopic (exact) mass is 559 g/mol. The number of halogens is 1. The number of nitrogens with zero attached hydrogens (tertiary/aromatic N) is 3. The predicted octanol–water partition coefficient (Wildman–Crippen LogP) is 5.86. The predicted molar refractivity (Wildman–Crippen MR) is 146 cm³/mol. The Bertz CT molecular complexity index is 1480. The van der Waals surface area contributed by atoms with Gasteiger partial charge in [0.1, 0.15) is 19.0 Å². The van der Waals surface area contributed by atoms with Crippen LogP contribution in [-0.2, 0) is 11.4 Å². The van der Waals surface area contributed by atoms with E-state index < -0.39 is 6.04 Å². The van der Waals surface area contributed by atoms with E-state index in [1.54, 1.807) is 11.8 Å². The molecule has 3 aromatic carbocycles. The second-order valence-corrected chi connectivity index (χ2v) is 9.58. The average molecular weight is 560 g/mol. The van der Waals surface area contributed by atoms with Crippen LogP contribution in [0.1, 0.15) is 29.7 Å². The number of anilines is 2. The van der Waals surface area contributed by atoms with Gasteiger partial charge in [-0.2, -0.15) is 10.1 Å². The lowest BCUT2D eigenvalue weighted by molar-refractivity contribution is -0.113. The minimum absolute atomic E-state index is 0.235. The molecule has 37 heavy (non-hydrogen) atoms. The highest BCUT2D eigenvalue weighted by Crippen LogP contribution is 2.43. The number of nitrogens with one attached hydrogen (secondary N) is 2. The molecule has 1 unspecified atom stereocenters. The quantitative estimate of drug-likeness (QED) is 0.294. The fourth-order valence-electron chi connectivity index (χ4n) is 4.38. The Kier molecular flexibility index (Phi) is 6.96. The van der Waals surface area contributed by atoms with Gasteiger partial charge in [-0.25, -0.2) is 4.68 Å².